The minimum absolute atomic E-state index is 0.278. The van der Waals surface area contributed by atoms with Crippen molar-refractivity contribution < 1.29 is 4.39 Å². The van der Waals surface area contributed by atoms with Gasteiger partial charge < -0.3 is 5.32 Å². The molecule has 0 aliphatic heterocycles. The summed E-state index contributed by atoms with van der Waals surface area (Å²) in [5, 5.41) is 20.9. The lowest BCUT2D eigenvalue weighted by atomic mass is 10.1. The molecular formula is C11H9FN4S. The molecule has 17 heavy (non-hydrogen) atoms. The molecule has 0 fully saturated rings. The first-order valence-electron chi connectivity index (χ1n) is 5.01. The molecule has 0 bridgehead atoms. The van der Waals surface area contributed by atoms with Crippen LogP contribution in [0.5, 0.6) is 0 Å². The lowest BCUT2D eigenvalue weighted by Crippen LogP contribution is -1.94. The van der Waals surface area contributed by atoms with E-state index in [9.17, 15) is 4.39 Å². The number of nitrogens with one attached hydrogen (secondary N) is 1. The van der Waals surface area contributed by atoms with Crippen molar-refractivity contribution in [1.29, 1.82) is 5.26 Å². The van der Waals surface area contributed by atoms with Gasteiger partial charge in [-0.3, -0.25) is 0 Å². The number of anilines is 1. The van der Waals surface area contributed by atoms with Gasteiger partial charge in [-0.25, -0.2) is 4.39 Å². The Kier molecular flexibility index (Phi) is 3.30. The van der Waals surface area contributed by atoms with Crippen molar-refractivity contribution >= 4 is 16.5 Å². The van der Waals surface area contributed by atoms with Gasteiger partial charge in [0, 0.05) is 12.1 Å². The van der Waals surface area contributed by atoms with Gasteiger partial charge in [0.25, 0.3) is 0 Å². The van der Waals surface area contributed by atoms with Crippen LogP contribution in [0.1, 0.15) is 12.5 Å². The number of nitrogens with zero attached hydrogens (tertiary/aromatic N) is 3. The Morgan fingerprint density at radius 1 is 1.41 bits per heavy atom. The number of hydrogen-bond donors (Lipinski definition) is 1. The summed E-state index contributed by atoms with van der Waals surface area (Å²) in [5.41, 5.74) is 0.850. The van der Waals surface area contributed by atoms with Gasteiger partial charge in [-0.15, -0.1) is 10.2 Å². The van der Waals surface area contributed by atoms with Crippen LogP contribution in [0.25, 0.3) is 10.6 Å². The molecule has 86 valence electrons. The van der Waals surface area contributed by atoms with Gasteiger partial charge in [-0.05, 0) is 25.1 Å². The second-order valence-electron chi connectivity index (χ2n) is 3.28. The van der Waals surface area contributed by atoms with Crippen molar-refractivity contribution in [2.24, 2.45) is 0 Å². The highest BCUT2D eigenvalue weighted by molar-refractivity contribution is 7.18. The number of rotatable bonds is 3. The van der Waals surface area contributed by atoms with Crippen LogP contribution in [0, 0.1) is 17.1 Å². The first kappa shape index (κ1) is 11.5. The molecule has 0 saturated heterocycles. The first-order valence-corrected chi connectivity index (χ1v) is 5.83. The smallest absolute Gasteiger partial charge is 0.205 e. The summed E-state index contributed by atoms with van der Waals surface area (Å²) in [4.78, 5) is 0. The quantitative estimate of drug-likeness (QED) is 0.907. The van der Waals surface area contributed by atoms with Crippen LogP contribution in [0.15, 0.2) is 18.2 Å². The zero-order chi connectivity index (χ0) is 12.3. The largest absolute Gasteiger partial charge is 0.360 e. The van der Waals surface area contributed by atoms with Crippen LogP contribution >= 0.6 is 11.3 Å². The molecule has 0 spiro atoms. The fourth-order valence-electron chi connectivity index (χ4n) is 1.34. The number of benzene rings is 1. The van der Waals surface area contributed by atoms with Crippen LogP contribution in [0.4, 0.5) is 9.52 Å². The molecule has 2 rings (SSSR count). The molecule has 0 radical (unpaired) electrons. The van der Waals surface area contributed by atoms with Gasteiger partial charge >= 0.3 is 0 Å². The maximum atomic E-state index is 13.2. The van der Waals surface area contributed by atoms with E-state index in [0.717, 1.165) is 6.54 Å². The monoisotopic (exact) mass is 248 g/mol. The summed E-state index contributed by atoms with van der Waals surface area (Å²) in [6.45, 7) is 2.71. The summed E-state index contributed by atoms with van der Waals surface area (Å²) >= 11 is 1.33. The maximum Gasteiger partial charge on any atom is 0.205 e. The Balaban J connectivity index is 2.38. The summed E-state index contributed by atoms with van der Waals surface area (Å²) in [5.74, 6) is -0.445. The average Bonchev–Trinajstić information content (AvgIpc) is 2.77. The molecule has 0 aliphatic rings. The summed E-state index contributed by atoms with van der Waals surface area (Å²) in [7, 11) is 0. The molecule has 0 amide bonds. The van der Waals surface area contributed by atoms with E-state index < -0.39 is 5.82 Å². The maximum absolute atomic E-state index is 13.2. The predicted molar refractivity (Wildman–Crippen MR) is 64.2 cm³/mol. The Morgan fingerprint density at radius 2 is 2.24 bits per heavy atom. The van der Waals surface area contributed by atoms with Crippen LogP contribution in [0.3, 0.4) is 0 Å². The lowest BCUT2D eigenvalue weighted by molar-refractivity contribution is 0.628. The molecule has 1 N–H and O–H groups in total. The summed E-state index contributed by atoms with van der Waals surface area (Å²) in [6.07, 6.45) is 0. The van der Waals surface area contributed by atoms with Crippen molar-refractivity contribution in [3.8, 4) is 16.6 Å². The molecule has 0 atom stereocenters. The minimum atomic E-state index is -0.445. The van der Waals surface area contributed by atoms with Crippen LogP contribution < -0.4 is 5.32 Å². The second-order valence-corrected chi connectivity index (χ2v) is 4.26. The molecule has 1 aromatic heterocycles. The van der Waals surface area contributed by atoms with Gasteiger partial charge in [0.05, 0.1) is 11.6 Å². The van der Waals surface area contributed by atoms with E-state index in [1.165, 1.54) is 23.5 Å². The molecule has 0 aliphatic carbocycles. The third-order valence-electron chi connectivity index (χ3n) is 2.03. The summed E-state index contributed by atoms with van der Waals surface area (Å²) in [6, 6.07) is 6.04. The second kappa shape index (κ2) is 4.89. The zero-order valence-corrected chi connectivity index (χ0v) is 9.88. The van der Waals surface area contributed by atoms with E-state index in [-0.39, 0.29) is 5.56 Å². The van der Waals surface area contributed by atoms with Gasteiger partial charge in [-0.1, -0.05) is 11.3 Å². The highest BCUT2D eigenvalue weighted by Crippen LogP contribution is 2.27. The summed E-state index contributed by atoms with van der Waals surface area (Å²) < 4.78 is 13.2. The third kappa shape index (κ3) is 2.57. The van der Waals surface area contributed by atoms with Gasteiger partial charge in [-0.2, -0.15) is 5.26 Å². The standard InChI is InChI=1S/C11H9FN4S/c1-2-14-11-16-15-10(17-11)8-3-7(6-13)4-9(12)5-8/h3-5H,2H2,1H3,(H,14,16). The fraction of sp³-hybridized carbons (Fsp3) is 0.182. The molecule has 0 unspecified atom stereocenters. The SMILES string of the molecule is CCNc1nnc(-c2cc(F)cc(C#N)c2)s1. The lowest BCUT2D eigenvalue weighted by Gasteiger charge is -1.97. The normalized spacial score (nSPS) is 9.94. The Labute approximate surface area is 102 Å². The minimum Gasteiger partial charge on any atom is -0.360 e. The topological polar surface area (TPSA) is 61.6 Å². The van der Waals surface area contributed by atoms with Crippen molar-refractivity contribution in [2.75, 3.05) is 11.9 Å². The molecular weight excluding hydrogens is 239 g/mol. The van der Waals surface area contributed by atoms with Gasteiger partial charge in [0.15, 0.2) is 0 Å². The van der Waals surface area contributed by atoms with Gasteiger partial charge in [0.1, 0.15) is 10.8 Å². The highest BCUT2D eigenvalue weighted by Gasteiger charge is 2.08. The van der Waals surface area contributed by atoms with Crippen molar-refractivity contribution in [1.82, 2.24) is 10.2 Å². The number of aromatic nitrogens is 2. The van der Waals surface area contributed by atoms with E-state index in [2.05, 4.69) is 15.5 Å². The van der Waals surface area contributed by atoms with Crippen LogP contribution in [0.2, 0.25) is 0 Å². The van der Waals surface area contributed by atoms with E-state index in [1.807, 2.05) is 13.0 Å². The van der Waals surface area contributed by atoms with Crippen LogP contribution in [-0.2, 0) is 0 Å². The first-order chi connectivity index (χ1) is 8.22. The zero-order valence-electron chi connectivity index (χ0n) is 9.07. The number of nitriles is 1. The van der Waals surface area contributed by atoms with E-state index in [4.69, 9.17) is 5.26 Å². The number of halogens is 1. The molecule has 0 saturated carbocycles. The Hall–Kier alpha value is -2.00. The average molecular weight is 248 g/mol. The fourth-order valence-corrected chi connectivity index (χ4v) is 2.14. The molecule has 4 nitrogen and oxygen atoms in total. The Bertz CT molecular complexity index is 573. The van der Waals surface area contributed by atoms with Crippen LogP contribution in [-0.4, -0.2) is 16.7 Å². The van der Waals surface area contributed by atoms with Gasteiger partial charge in [0.2, 0.25) is 5.13 Å². The van der Waals surface area contributed by atoms with E-state index >= 15 is 0 Å². The molecule has 1 aromatic carbocycles. The third-order valence-corrected chi connectivity index (χ3v) is 2.96. The van der Waals surface area contributed by atoms with Crippen molar-refractivity contribution in [3.05, 3.63) is 29.6 Å². The van der Waals surface area contributed by atoms with Crippen molar-refractivity contribution in [2.45, 2.75) is 6.92 Å². The highest BCUT2D eigenvalue weighted by atomic mass is 32.1. The number of hydrogen-bond acceptors (Lipinski definition) is 5. The van der Waals surface area contributed by atoms with Crippen molar-refractivity contribution in [3.63, 3.8) is 0 Å². The molecule has 1 heterocycles. The van der Waals surface area contributed by atoms with E-state index in [0.29, 0.717) is 15.7 Å². The Morgan fingerprint density at radius 3 is 2.94 bits per heavy atom. The predicted octanol–water partition coefficient (Wildman–Crippen LogP) is 2.65. The van der Waals surface area contributed by atoms with E-state index in [1.54, 1.807) is 6.07 Å². The molecule has 2 aromatic rings. The molecule has 6 heteroatoms.